The Morgan fingerprint density at radius 1 is 1.43 bits per heavy atom. The molecule has 1 rings (SSSR count). The van der Waals surface area contributed by atoms with Gasteiger partial charge in [-0.15, -0.1) is 0 Å². The molecule has 1 aromatic carbocycles. The van der Waals surface area contributed by atoms with Gasteiger partial charge in [-0.3, -0.25) is 4.79 Å². The van der Waals surface area contributed by atoms with E-state index >= 15 is 0 Å². The van der Waals surface area contributed by atoms with E-state index in [-0.39, 0.29) is 11.7 Å². The van der Waals surface area contributed by atoms with Gasteiger partial charge < -0.3 is 14.8 Å². The number of benzene rings is 1. The topological polar surface area (TPSA) is 47.6 Å². The highest BCUT2D eigenvalue weighted by Gasteiger charge is 2.10. The van der Waals surface area contributed by atoms with Crippen LogP contribution in [0.4, 0.5) is 8.78 Å². The maximum Gasteiger partial charge on any atom is 0.387 e. The number of rotatable bonds is 9. The standard InChI is InChI=1S/C14H18BrF2NO3/c1-2-20-13(19)4-3-7-18-9-10-8-11(15)5-6-12(10)21-14(16)17/h5-6,8,14,18H,2-4,7,9H2,1H3. The minimum absolute atomic E-state index is 0.145. The molecule has 0 unspecified atom stereocenters. The van der Waals surface area contributed by atoms with Crippen LogP contribution in [0.25, 0.3) is 0 Å². The third-order valence-electron chi connectivity index (χ3n) is 2.59. The van der Waals surface area contributed by atoms with Gasteiger partial charge in [0.05, 0.1) is 6.61 Å². The van der Waals surface area contributed by atoms with Crippen LogP contribution in [0.2, 0.25) is 0 Å². The average Bonchev–Trinajstić information content (AvgIpc) is 2.41. The van der Waals surface area contributed by atoms with E-state index in [0.717, 1.165) is 4.47 Å². The minimum atomic E-state index is -2.85. The van der Waals surface area contributed by atoms with Gasteiger partial charge in [-0.1, -0.05) is 15.9 Å². The summed E-state index contributed by atoms with van der Waals surface area (Å²) >= 11 is 3.29. The van der Waals surface area contributed by atoms with Gasteiger partial charge in [0.2, 0.25) is 0 Å². The second-order valence-corrected chi connectivity index (χ2v) is 5.13. The van der Waals surface area contributed by atoms with Crippen molar-refractivity contribution in [1.29, 1.82) is 0 Å². The average molecular weight is 366 g/mol. The number of nitrogens with one attached hydrogen (secondary N) is 1. The normalized spacial score (nSPS) is 10.7. The zero-order valence-electron chi connectivity index (χ0n) is 11.7. The highest BCUT2D eigenvalue weighted by molar-refractivity contribution is 9.10. The first kappa shape index (κ1) is 17.8. The van der Waals surface area contributed by atoms with Crippen molar-refractivity contribution in [2.75, 3.05) is 13.2 Å². The summed E-state index contributed by atoms with van der Waals surface area (Å²) in [6, 6.07) is 4.85. The van der Waals surface area contributed by atoms with E-state index in [9.17, 15) is 13.6 Å². The summed E-state index contributed by atoms with van der Waals surface area (Å²) in [5, 5.41) is 3.09. The lowest BCUT2D eigenvalue weighted by atomic mass is 10.2. The van der Waals surface area contributed by atoms with Crippen LogP contribution in [0.3, 0.4) is 0 Å². The predicted octanol–water partition coefficient (Wildman–Crippen LogP) is 3.48. The number of carbonyl (C=O) groups is 1. The molecular weight excluding hydrogens is 348 g/mol. The molecule has 7 heteroatoms. The molecule has 0 atom stereocenters. The Kier molecular flexibility index (Phi) is 8.22. The first-order valence-corrected chi connectivity index (χ1v) is 7.41. The van der Waals surface area contributed by atoms with Gasteiger partial charge in [0.15, 0.2) is 0 Å². The van der Waals surface area contributed by atoms with Crippen molar-refractivity contribution in [2.24, 2.45) is 0 Å². The highest BCUT2D eigenvalue weighted by atomic mass is 79.9. The van der Waals surface area contributed by atoms with Crippen molar-refractivity contribution >= 4 is 21.9 Å². The quantitative estimate of drug-likeness (QED) is 0.537. The van der Waals surface area contributed by atoms with Crippen molar-refractivity contribution in [3.63, 3.8) is 0 Å². The molecule has 0 aliphatic carbocycles. The van der Waals surface area contributed by atoms with Crippen LogP contribution >= 0.6 is 15.9 Å². The third kappa shape index (κ3) is 7.38. The summed E-state index contributed by atoms with van der Waals surface area (Å²) in [6.07, 6.45) is 0.956. The van der Waals surface area contributed by atoms with E-state index in [0.29, 0.717) is 38.1 Å². The second kappa shape index (κ2) is 9.68. The number of alkyl halides is 2. The van der Waals surface area contributed by atoms with E-state index in [1.165, 1.54) is 6.07 Å². The summed E-state index contributed by atoms with van der Waals surface area (Å²) in [6.45, 7) is 0.241. The molecule has 118 valence electrons. The second-order valence-electron chi connectivity index (χ2n) is 4.22. The van der Waals surface area contributed by atoms with Crippen LogP contribution in [-0.2, 0) is 16.1 Å². The molecule has 0 spiro atoms. The molecule has 0 saturated heterocycles. The molecule has 0 heterocycles. The van der Waals surface area contributed by atoms with Crippen LogP contribution in [0.5, 0.6) is 5.75 Å². The Morgan fingerprint density at radius 2 is 2.19 bits per heavy atom. The Bertz CT molecular complexity index is 458. The molecule has 0 amide bonds. The summed E-state index contributed by atoms with van der Waals surface area (Å²) in [7, 11) is 0. The number of esters is 1. The molecule has 1 N–H and O–H groups in total. The fourth-order valence-electron chi connectivity index (χ4n) is 1.71. The smallest absolute Gasteiger partial charge is 0.387 e. The van der Waals surface area contributed by atoms with E-state index in [1.807, 2.05) is 0 Å². The lowest BCUT2D eigenvalue weighted by Crippen LogP contribution is -2.17. The molecular formula is C14H18BrF2NO3. The van der Waals surface area contributed by atoms with E-state index in [1.54, 1.807) is 19.1 Å². The van der Waals surface area contributed by atoms with Gasteiger partial charge in [0.25, 0.3) is 0 Å². The molecule has 4 nitrogen and oxygen atoms in total. The lowest BCUT2D eigenvalue weighted by Gasteiger charge is -2.12. The number of carbonyl (C=O) groups excluding carboxylic acids is 1. The van der Waals surface area contributed by atoms with Crippen LogP contribution in [0, 0.1) is 0 Å². The van der Waals surface area contributed by atoms with E-state index in [2.05, 4.69) is 26.0 Å². The van der Waals surface area contributed by atoms with Crippen LogP contribution in [0.15, 0.2) is 22.7 Å². The van der Waals surface area contributed by atoms with Gasteiger partial charge in [-0.2, -0.15) is 8.78 Å². The summed E-state index contributed by atoms with van der Waals surface area (Å²) < 4.78 is 34.7. The maximum atomic E-state index is 12.3. The summed E-state index contributed by atoms with van der Waals surface area (Å²) in [5.41, 5.74) is 0.626. The molecule has 0 fully saturated rings. The highest BCUT2D eigenvalue weighted by Crippen LogP contribution is 2.24. The summed E-state index contributed by atoms with van der Waals surface area (Å²) in [4.78, 5) is 11.1. The zero-order valence-corrected chi connectivity index (χ0v) is 13.3. The first-order valence-electron chi connectivity index (χ1n) is 6.62. The van der Waals surface area contributed by atoms with Crippen molar-refractivity contribution in [3.8, 4) is 5.75 Å². The van der Waals surface area contributed by atoms with Gasteiger partial charge in [0, 0.05) is 23.0 Å². The predicted molar refractivity (Wildman–Crippen MR) is 78.3 cm³/mol. The summed E-state index contributed by atoms with van der Waals surface area (Å²) in [5.74, 6) is -0.0884. The van der Waals surface area contributed by atoms with Crippen molar-refractivity contribution in [3.05, 3.63) is 28.2 Å². The molecule has 0 saturated carbocycles. The largest absolute Gasteiger partial charge is 0.466 e. The van der Waals surface area contributed by atoms with Crippen LogP contribution in [0.1, 0.15) is 25.3 Å². The van der Waals surface area contributed by atoms with Crippen LogP contribution in [-0.4, -0.2) is 25.7 Å². The monoisotopic (exact) mass is 365 g/mol. The maximum absolute atomic E-state index is 12.3. The van der Waals surface area contributed by atoms with Crippen molar-refractivity contribution < 1.29 is 23.0 Å². The molecule has 0 aliphatic heterocycles. The Balaban J connectivity index is 2.40. The number of hydrogen-bond donors (Lipinski definition) is 1. The molecule has 1 aromatic rings. The number of hydrogen-bond acceptors (Lipinski definition) is 4. The Labute approximate surface area is 130 Å². The molecule has 0 bridgehead atoms. The number of halogens is 3. The van der Waals surface area contributed by atoms with Gasteiger partial charge >= 0.3 is 12.6 Å². The van der Waals surface area contributed by atoms with Crippen LogP contribution < -0.4 is 10.1 Å². The molecule has 0 aromatic heterocycles. The van der Waals surface area contributed by atoms with Gasteiger partial charge in [-0.25, -0.2) is 0 Å². The van der Waals surface area contributed by atoms with Crippen molar-refractivity contribution in [1.82, 2.24) is 5.32 Å². The van der Waals surface area contributed by atoms with Gasteiger partial charge in [0.1, 0.15) is 5.75 Å². The minimum Gasteiger partial charge on any atom is -0.466 e. The first-order chi connectivity index (χ1) is 10.0. The Hall–Kier alpha value is -1.21. The zero-order chi connectivity index (χ0) is 15.7. The van der Waals surface area contributed by atoms with E-state index in [4.69, 9.17) is 4.74 Å². The van der Waals surface area contributed by atoms with E-state index < -0.39 is 6.61 Å². The van der Waals surface area contributed by atoms with Crippen molar-refractivity contribution in [2.45, 2.75) is 32.9 Å². The number of ether oxygens (including phenoxy) is 2. The SMILES string of the molecule is CCOC(=O)CCCNCc1cc(Br)ccc1OC(F)F. The Morgan fingerprint density at radius 3 is 2.86 bits per heavy atom. The van der Waals surface area contributed by atoms with Gasteiger partial charge in [-0.05, 0) is 38.1 Å². The molecule has 0 radical (unpaired) electrons. The molecule has 0 aliphatic rings. The fraction of sp³-hybridized carbons (Fsp3) is 0.500. The lowest BCUT2D eigenvalue weighted by molar-refractivity contribution is -0.143. The third-order valence-corrected chi connectivity index (χ3v) is 3.09. The molecule has 21 heavy (non-hydrogen) atoms. The fourth-order valence-corrected chi connectivity index (χ4v) is 2.12.